The second-order valence-corrected chi connectivity index (χ2v) is 7.93. The quantitative estimate of drug-likeness (QED) is 0.685. The minimum atomic E-state index is -3.82. The summed E-state index contributed by atoms with van der Waals surface area (Å²) in [6.07, 6.45) is 3.10. The molecule has 0 unspecified atom stereocenters. The number of rotatable bonds is 3. The smallest absolute Gasteiger partial charge is 0.276 e. The molecular formula is C16H15BrN2O3S. The maximum atomic E-state index is 12.9. The highest BCUT2D eigenvalue weighted by Gasteiger charge is 2.22. The van der Waals surface area contributed by atoms with Crippen molar-refractivity contribution in [3.63, 3.8) is 0 Å². The summed E-state index contributed by atoms with van der Waals surface area (Å²) in [5.41, 5.74) is 0.797. The van der Waals surface area contributed by atoms with Gasteiger partial charge in [-0.15, -0.1) is 0 Å². The van der Waals surface area contributed by atoms with Crippen molar-refractivity contribution in [3.8, 4) is 0 Å². The number of halogens is 1. The average Bonchev–Trinajstić information content (AvgIpc) is 2.98. The van der Waals surface area contributed by atoms with Gasteiger partial charge in [0.15, 0.2) is 0 Å². The number of benzene rings is 1. The highest BCUT2D eigenvalue weighted by molar-refractivity contribution is 9.10. The van der Waals surface area contributed by atoms with Gasteiger partial charge >= 0.3 is 0 Å². The van der Waals surface area contributed by atoms with E-state index in [0.717, 1.165) is 9.54 Å². The van der Waals surface area contributed by atoms with Crippen LogP contribution in [-0.2, 0) is 16.6 Å². The van der Waals surface area contributed by atoms with E-state index in [9.17, 15) is 13.2 Å². The van der Waals surface area contributed by atoms with E-state index in [1.807, 2.05) is 13.8 Å². The van der Waals surface area contributed by atoms with Crippen molar-refractivity contribution in [2.75, 3.05) is 0 Å². The Morgan fingerprint density at radius 2 is 1.78 bits per heavy atom. The third-order valence-corrected chi connectivity index (χ3v) is 6.08. The van der Waals surface area contributed by atoms with Crippen LogP contribution in [0.15, 0.2) is 56.9 Å². The van der Waals surface area contributed by atoms with E-state index in [1.54, 1.807) is 36.5 Å². The summed E-state index contributed by atoms with van der Waals surface area (Å²) < 4.78 is 29.0. The molecule has 0 fully saturated rings. The van der Waals surface area contributed by atoms with Crippen LogP contribution < -0.4 is 5.56 Å². The molecule has 0 N–H and O–H groups in total. The molecule has 0 aliphatic heterocycles. The van der Waals surface area contributed by atoms with Crippen LogP contribution in [0.1, 0.15) is 12.5 Å². The first-order chi connectivity index (χ1) is 10.9. The molecule has 3 aromatic rings. The fourth-order valence-electron chi connectivity index (χ4n) is 2.48. The fourth-order valence-corrected chi connectivity index (χ4v) is 4.39. The van der Waals surface area contributed by atoms with Crippen molar-refractivity contribution in [1.82, 2.24) is 8.54 Å². The van der Waals surface area contributed by atoms with Crippen molar-refractivity contribution in [2.45, 2.75) is 25.3 Å². The molecule has 0 spiro atoms. The Balaban J connectivity index is 2.34. The Bertz CT molecular complexity index is 1050. The molecule has 2 heterocycles. The van der Waals surface area contributed by atoms with Gasteiger partial charge in [0.05, 0.1) is 4.90 Å². The lowest BCUT2D eigenvalue weighted by Crippen LogP contribution is -2.23. The molecule has 0 amide bonds. The van der Waals surface area contributed by atoms with Crippen molar-refractivity contribution in [3.05, 3.63) is 63.1 Å². The van der Waals surface area contributed by atoms with Gasteiger partial charge in [-0.05, 0) is 48.0 Å². The minimum Gasteiger partial charge on any atom is -0.313 e. The summed E-state index contributed by atoms with van der Waals surface area (Å²) in [7, 11) is -3.82. The summed E-state index contributed by atoms with van der Waals surface area (Å²) in [6.45, 7) is 4.18. The zero-order chi connectivity index (χ0) is 16.8. The third kappa shape index (κ3) is 2.53. The third-order valence-electron chi connectivity index (χ3n) is 3.76. The number of pyridine rings is 1. The van der Waals surface area contributed by atoms with E-state index in [4.69, 9.17) is 0 Å². The molecule has 0 aliphatic rings. The second-order valence-electron chi connectivity index (χ2n) is 5.26. The summed E-state index contributed by atoms with van der Waals surface area (Å²) in [4.78, 5) is 12.7. The van der Waals surface area contributed by atoms with Gasteiger partial charge in [-0.1, -0.05) is 17.7 Å². The topological polar surface area (TPSA) is 61.1 Å². The van der Waals surface area contributed by atoms with E-state index in [1.165, 1.54) is 10.8 Å². The van der Waals surface area contributed by atoms with Gasteiger partial charge in [0.2, 0.25) is 0 Å². The Hall–Kier alpha value is -1.86. The number of hydrogen-bond donors (Lipinski definition) is 0. The molecule has 7 heteroatoms. The maximum absolute atomic E-state index is 12.9. The number of aryl methyl sites for hydroxylation is 2. The Labute approximate surface area is 142 Å². The van der Waals surface area contributed by atoms with E-state index in [2.05, 4.69) is 15.9 Å². The van der Waals surface area contributed by atoms with E-state index < -0.39 is 10.0 Å². The molecule has 0 saturated heterocycles. The van der Waals surface area contributed by atoms with Crippen LogP contribution >= 0.6 is 15.9 Å². The number of hydrogen-bond acceptors (Lipinski definition) is 3. The van der Waals surface area contributed by atoms with Crippen LogP contribution in [0.5, 0.6) is 0 Å². The van der Waals surface area contributed by atoms with Crippen LogP contribution in [0.4, 0.5) is 0 Å². The fraction of sp³-hybridized carbons (Fsp3) is 0.188. The van der Waals surface area contributed by atoms with Gasteiger partial charge in [-0.2, -0.15) is 0 Å². The molecule has 0 bridgehead atoms. The molecule has 3 rings (SSSR count). The molecule has 0 aliphatic carbocycles. The summed E-state index contributed by atoms with van der Waals surface area (Å²) >= 11 is 3.40. The lowest BCUT2D eigenvalue weighted by Gasteiger charge is -2.09. The number of aromatic nitrogens is 2. The SMILES string of the molecule is CCn1cc(Br)c2ccn(S(=O)(=O)c3ccc(C)cc3)c2c1=O. The van der Waals surface area contributed by atoms with Crippen LogP contribution in [0.2, 0.25) is 0 Å². The largest absolute Gasteiger partial charge is 0.313 e. The van der Waals surface area contributed by atoms with Gasteiger partial charge in [-0.25, -0.2) is 12.4 Å². The molecule has 5 nitrogen and oxygen atoms in total. The first-order valence-electron chi connectivity index (χ1n) is 7.08. The number of nitrogens with zero attached hydrogens (tertiary/aromatic N) is 2. The Morgan fingerprint density at radius 1 is 1.13 bits per heavy atom. The molecule has 2 aromatic heterocycles. The van der Waals surface area contributed by atoms with E-state index in [0.29, 0.717) is 16.4 Å². The van der Waals surface area contributed by atoms with Crippen LogP contribution in [-0.4, -0.2) is 17.0 Å². The van der Waals surface area contributed by atoms with Crippen molar-refractivity contribution in [1.29, 1.82) is 0 Å². The Morgan fingerprint density at radius 3 is 2.39 bits per heavy atom. The van der Waals surface area contributed by atoms with E-state index in [-0.39, 0.29) is 16.0 Å². The Kier molecular flexibility index (Phi) is 3.93. The summed E-state index contributed by atoms with van der Waals surface area (Å²) in [6, 6.07) is 8.20. The molecule has 0 atom stereocenters. The molecular weight excluding hydrogens is 380 g/mol. The lowest BCUT2D eigenvalue weighted by atomic mass is 10.2. The minimum absolute atomic E-state index is 0.154. The monoisotopic (exact) mass is 394 g/mol. The van der Waals surface area contributed by atoms with Gasteiger partial charge in [-0.3, -0.25) is 4.79 Å². The molecule has 0 saturated carbocycles. The first-order valence-corrected chi connectivity index (χ1v) is 9.32. The van der Waals surface area contributed by atoms with Gasteiger partial charge in [0.25, 0.3) is 15.6 Å². The van der Waals surface area contributed by atoms with Crippen LogP contribution in [0.25, 0.3) is 10.9 Å². The van der Waals surface area contributed by atoms with Crippen molar-refractivity contribution < 1.29 is 8.42 Å². The second kappa shape index (κ2) is 5.65. The van der Waals surface area contributed by atoms with Gasteiger partial charge in [0.1, 0.15) is 5.52 Å². The van der Waals surface area contributed by atoms with E-state index >= 15 is 0 Å². The molecule has 23 heavy (non-hydrogen) atoms. The normalized spacial score (nSPS) is 12.0. The average molecular weight is 395 g/mol. The number of fused-ring (bicyclic) bond motifs is 1. The highest BCUT2D eigenvalue weighted by Crippen LogP contribution is 2.25. The van der Waals surface area contributed by atoms with Gasteiger partial charge < -0.3 is 4.57 Å². The standard InChI is InChI=1S/C16H15BrN2O3S/c1-3-18-10-14(17)13-8-9-19(15(13)16(18)20)23(21,22)12-6-4-11(2)5-7-12/h4-10H,3H2,1-2H3. The van der Waals surface area contributed by atoms with Crippen molar-refractivity contribution in [2.24, 2.45) is 0 Å². The molecule has 1 aromatic carbocycles. The summed E-state index contributed by atoms with van der Waals surface area (Å²) in [5, 5.41) is 0.579. The predicted octanol–water partition coefficient (Wildman–Crippen LogP) is 3.13. The van der Waals surface area contributed by atoms with Crippen LogP contribution in [0, 0.1) is 6.92 Å². The van der Waals surface area contributed by atoms with Crippen molar-refractivity contribution >= 4 is 36.9 Å². The zero-order valence-corrected chi connectivity index (χ0v) is 15.1. The maximum Gasteiger partial charge on any atom is 0.276 e. The zero-order valence-electron chi connectivity index (χ0n) is 12.7. The van der Waals surface area contributed by atoms with Gasteiger partial charge in [0, 0.05) is 28.8 Å². The molecule has 0 radical (unpaired) electrons. The summed E-state index contributed by atoms with van der Waals surface area (Å²) in [5.74, 6) is 0. The predicted molar refractivity (Wildman–Crippen MR) is 93.3 cm³/mol. The first kappa shape index (κ1) is 16.0. The van der Waals surface area contributed by atoms with Crippen LogP contribution in [0.3, 0.4) is 0 Å². The molecule has 120 valence electrons. The highest BCUT2D eigenvalue weighted by atomic mass is 79.9. The lowest BCUT2D eigenvalue weighted by molar-refractivity contribution is 0.588.